The van der Waals surface area contributed by atoms with Gasteiger partial charge in [-0.2, -0.15) is 0 Å². The molecule has 0 bridgehead atoms. The van der Waals surface area contributed by atoms with E-state index in [-0.39, 0.29) is 25.0 Å². The van der Waals surface area contributed by atoms with Crippen LogP contribution in [0, 0.1) is 20.8 Å². The molecule has 0 saturated carbocycles. The van der Waals surface area contributed by atoms with Crippen molar-refractivity contribution < 1.29 is 19.1 Å². The molecule has 0 unspecified atom stereocenters. The number of para-hydroxylation sites is 2. The Morgan fingerprint density at radius 2 is 1.57 bits per heavy atom. The molecule has 2 amide bonds. The van der Waals surface area contributed by atoms with E-state index in [1.165, 1.54) is 4.90 Å². The highest BCUT2D eigenvalue weighted by Crippen LogP contribution is 2.26. The number of hydrogen-bond acceptors (Lipinski definition) is 4. The van der Waals surface area contributed by atoms with E-state index >= 15 is 0 Å². The fourth-order valence-electron chi connectivity index (χ4n) is 2.95. The Bertz CT molecular complexity index is 825. The number of anilines is 1. The number of nitrogens with zero attached hydrogens (tertiary/aromatic N) is 1. The van der Waals surface area contributed by atoms with E-state index in [9.17, 15) is 9.59 Å². The van der Waals surface area contributed by atoms with Crippen LogP contribution in [0.25, 0.3) is 0 Å². The van der Waals surface area contributed by atoms with Crippen LogP contribution in [0.4, 0.5) is 5.69 Å². The molecular formula is C22H28N2O4. The minimum Gasteiger partial charge on any atom is -0.490 e. The van der Waals surface area contributed by atoms with Gasteiger partial charge in [0.15, 0.2) is 18.1 Å². The van der Waals surface area contributed by atoms with Gasteiger partial charge in [0.25, 0.3) is 5.91 Å². The summed E-state index contributed by atoms with van der Waals surface area (Å²) in [5.41, 5.74) is 3.93. The summed E-state index contributed by atoms with van der Waals surface area (Å²) in [5.74, 6) is 0.546. The van der Waals surface area contributed by atoms with E-state index in [2.05, 4.69) is 5.32 Å². The van der Waals surface area contributed by atoms with Crippen LogP contribution in [0.15, 0.2) is 36.4 Å². The highest BCUT2D eigenvalue weighted by atomic mass is 16.5. The first kappa shape index (κ1) is 21.3. The van der Waals surface area contributed by atoms with Crippen molar-refractivity contribution >= 4 is 17.5 Å². The number of ether oxygens (including phenoxy) is 2. The van der Waals surface area contributed by atoms with Crippen LogP contribution in [0.3, 0.4) is 0 Å². The fourth-order valence-corrected chi connectivity index (χ4v) is 2.95. The van der Waals surface area contributed by atoms with Gasteiger partial charge in [-0.05, 0) is 51.0 Å². The van der Waals surface area contributed by atoms with Gasteiger partial charge in [0.05, 0.1) is 13.2 Å². The molecule has 2 rings (SSSR count). The molecule has 150 valence electrons. The second-order valence-electron chi connectivity index (χ2n) is 6.74. The molecule has 2 aromatic rings. The molecule has 0 saturated heterocycles. The number of hydrogen-bond donors (Lipinski definition) is 1. The third kappa shape index (κ3) is 5.74. The minimum absolute atomic E-state index is 0.0535. The maximum absolute atomic E-state index is 12.4. The van der Waals surface area contributed by atoms with Gasteiger partial charge in [-0.1, -0.05) is 29.8 Å². The van der Waals surface area contributed by atoms with E-state index in [4.69, 9.17) is 9.47 Å². The number of carbonyl (C=O) groups excluding carboxylic acids is 2. The summed E-state index contributed by atoms with van der Waals surface area (Å²) < 4.78 is 11.1. The van der Waals surface area contributed by atoms with E-state index in [0.717, 1.165) is 22.4 Å². The van der Waals surface area contributed by atoms with Crippen molar-refractivity contribution in [2.24, 2.45) is 0 Å². The van der Waals surface area contributed by atoms with Crippen LogP contribution in [0.5, 0.6) is 11.5 Å². The van der Waals surface area contributed by atoms with E-state index in [1.807, 2.05) is 52.0 Å². The maximum Gasteiger partial charge on any atom is 0.260 e. The topological polar surface area (TPSA) is 67.9 Å². The first-order valence-corrected chi connectivity index (χ1v) is 9.28. The Morgan fingerprint density at radius 1 is 1.00 bits per heavy atom. The largest absolute Gasteiger partial charge is 0.490 e. The van der Waals surface area contributed by atoms with Crippen molar-refractivity contribution in [1.29, 1.82) is 0 Å². The van der Waals surface area contributed by atoms with Gasteiger partial charge >= 0.3 is 0 Å². The van der Waals surface area contributed by atoms with Crippen molar-refractivity contribution in [3.05, 3.63) is 53.1 Å². The van der Waals surface area contributed by atoms with Gasteiger partial charge in [0, 0.05) is 12.7 Å². The zero-order valence-corrected chi connectivity index (χ0v) is 17.2. The van der Waals surface area contributed by atoms with Gasteiger partial charge in [-0.3, -0.25) is 9.59 Å². The molecule has 6 nitrogen and oxygen atoms in total. The van der Waals surface area contributed by atoms with Gasteiger partial charge in [-0.15, -0.1) is 0 Å². The fraction of sp³-hybridized carbons (Fsp3) is 0.364. The number of aryl methyl sites for hydroxylation is 3. The average Bonchev–Trinajstić information content (AvgIpc) is 2.64. The lowest BCUT2D eigenvalue weighted by Gasteiger charge is -2.19. The van der Waals surface area contributed by atoms with Gasteiger partial charge in [-0.25, -0.2) is 0 Å². The Labute approximate surface area is 166 Å². The van der Waals surface area contributed by atoms with E-state index < -0.39 is 0 Å². The Balaban J connectivity index is 1.91. The molecule has 0 heterocycles. The Morgan fingerprint density at radius 3 is 2.14 bits per heavy atom. The predicted molar refractivity (Wildman–Crippen MR) is 110 cm³/mol. The van der Waals surface area contributed by atoms with E-state index in [1.54, 1.807) is 19.2 Å². The normalized spacial score (nSPS) is 10.3. The van der Waals surface area contributed by atoms with Crippen LogP contribution in [-0.2, 0) is 9.59 Å². The molecule has 0 atom stereocenters. The maximum atomic E-state index is 12.4. The summed E-state index contributed by atoms with van der Waals surface area (Å²) in [6, 6.07) is 11.2. The second-order valence-corrected chi connectivity index (χ2v) is 6.74. The van der Waals surface area contributed by atoms with Gasteiger partial charge in [0.1, 0.15) is 0 Å². The highest BCUT2D eigenvalue weighted by molar-refractivity contribution is 5.95. The Kier molecular flexibility index (Phi) is 7.44. The molecule has 0 spiro atoms. The SMILES string of the molecule is CCOc1ccccc1OCC(=O)N(C)CC(=O)Nc1c(C)cc(C)cc1C. The number of benzene rings is 2. The molecule has 0 radical (unpaired) electrons. The zero-order valence-electron chi connectivity index (χ0n) is 17.2. The van der Waals surface area contributed by atoms with Crippen LogP contribution >= 0.6 is 0 Å². The molecule has 0 aliphatic rings. The number of rotatable bonds is 8. The molecule has 0 aliphatic carbocycles. The summed E-state index contributed by atoms with van der Waals surface area (Å²) >= 11 is 0. The molecule has 0 aliphatic heterocycles. The zero-order chi connectivity index (χ0) is 20.7. The van der Waals surface area contributed by atoms with Crippen molar-refractivity contribution in [3.63, 3.8) is 0 Å². The monoisotopic (exact) mass is 384 g/mol. The summed E-state index contributed by atoms with van der Waals surface area (Å²) in [4.78, 5) is 26.0. The second kappa shape index (κ2) is 9.78. The van der Waals surface area contributed by atoms with Crippen LogP contribution in [0.2, 0.25) is 0 Å². The number of nitrogens with one attached hydrogen (secondary N) is 1. The van der Waals surface area contributed by atoms with Crippen molar-refractivity contribution in [2.75, 3.05) is 32.1 Å². The number of amides is 2. The van der Waals surface area contributed by atoms with Gasteiger partial charge in [0.2, 0.25) is 5.91 Å². The molecule has 1 N–H and O–H groups in total. The highest BCUT2D eigenvalue weighted by Gasteiger charge is 2.16. The first-order chi connectivity index (χ1) is 13.3. The lowest BCUT2D eigenvalue weighted by atomic mass is 10.1. The first-order valence-electron chi connectivity index (χ1n) is 9.28. The standard InChI is InChI=1S/C22H28N2O4/c1-6-27-18-9-7-8-10-19(18)28-14-21(26)24(5)13-20(25)23-22-16(3)11-15(2)12-17(22)4/h7-12H,6,13-14H2,1-5H3,(H,23,25). The lowest BCUT2D eigenvalue weighted by molar-refractivity contribution is -0.135. The number of carbonyl (C=O) groups is 2. The minimum atomic E-state index is -0.293. The predicted octanol–water partition coefficient (Wildman–Crippen LogP) is 3.49. The molecule has 28 heavy (non-hydrogen) atoms. The molecule has 0 aromatic heterocycles. The quantitative estimate of drug-likeness (QED) is 0.757. The third-order valence-electron chi connectivity index (χ3n) is 4.25. The molecular weight excluding hydrogens is 356 g/mol. The Hall–Kier alpha value is -3.02. The summed E-state index contributed by atoms with van der Waals surface area (Å²) in [6.07, 6.45) is 0. The lowest BCUT2D eigenvalue weighted by Crippen LogP contribution is -2.37. The smallest absolute Gasteiger partial charge is 0.260 e. The molecule has 0 fully saturated rings. The van der Waals surface area contributed by atoms with Crippen molar-refractivity contribution in [2.45, 2.75) is 27.7 Å². The summed E-state index contributed by atoms with van der Waals surface area (Å²) in [7, 11) is 1.58. The average molecular weight is 384 g/mol. The summed E-state index contributed by atoms with van der Waals surface area (Å²) in [5, 5.41) is 2.90. The van der Waals surface area contributed by atoms with Crippen LogP contribution < -0.4 is 14.8 Å². The third-order valence-corrected chi connectivity index (χ3v) is 4.25. The van der Waals surface area contributed by atoms with Crippen LogP contribution in [-0.4, -0.2) is 43.5 Å². The van der Waals surface area contributed by atoms with Crippen LogP contribution in [0.1, 0.15) is 23.6 Å². The van der Waals surface area contributed by atoms with Crippen molar-refractivity contribution in [3.8, 4) is 11.5 Å². The molecule has 6 heteroatoms. The van der Waals surface area contributed by atoms with Crippen molar-refractivity contribution in [1.82, 2.24) is 4.90 Å². The van der Waals surface area contributed by atoms with Gasteiger partial charge < -0.3 is 19.7 Å². The summed E-state index contributed by atoms with van der Waals surface area (Å²) in [6.45, 7) is 8.08. The van der Waals surface area contributed by atoms with E-state index in [0.29, 0.717) is 18.1 Å². The molecule has 2 aromatic carbocycles. The number of likely N-dealkylation sites (N-methyl/N-ethyl adjacent to an activating group) is 1.